The van der Waals surface area contributed by atoms with E-state index in [4.69, 9.17) is 4.74 Å². The van der Waals surface area contributed by atoms with Crippen molar-refractivity contribution in [2.24, 2.45) is 7.05 Å². The first kappa shape index (κ1) is 13.4. The first-order valence-electron chi connectivity index (χ1n) is 5.89. The van der Waals surface area contributed by atoms with Crippen LogP contribution < -0.4 is 5.32 Å². The summed E-state index contributed by atoms with van der Waals surface area (Å²) >= 11 is 0. The number of hydrogen-bond acceptors (Lipinski definition) is 3. The minimum absolute atomic E-state index is 0.181. The van der Waals surface area contributed by atoms with Crippen LogP contribution in [0.3, 0.4) is 0 Å². The van der Waals surface area contributed by atoms with Gasteiger partial charge < -0.3 is 10.1 Å². The minimum Gasteiger partial charge on any atom is -0.377 e. The summed E-state index contributed by atoms with van der Waals surface area (Å²) < 4.78 is 44.0. The van der Waals surface area contributed by atoms with Gasteiger partial charge in [-0.2, -0.15) is 18.3 Å². The normalized spacial score (nSPS) is 20.6. The van der Waals surface area contributed by atoms with Crippen molar-refractivity contribution in [1.82, 2.24) is 15.1 Å². The highest BCUT2D eigenvalue weighted by molar-refractivity contribution is 5.12. The maximum Gasteiger partial charge on any atom is 0.435 e. The van der Waals surface area contributed by atoms with E-state index in [1.807, 2.05) is 0 Å². The van der Waals surface area contributed by atoms with Crippen molar-refractivity contribution >= 4 is 0 Å². The van der Waals surface area contributed by atoms with Crippen LogP contribution in [-0.2, 0) is 24.5 Å². The molecule has 7 heteroatoms. The van der Waals surface area contributed by atoms with Crippen LogP contribution in [0.5, 0.6) is 0 Å². The van der Waals surface area contributed by atoms with E-state index in [-0.39, 0.29) is 6.10 Å². The van der Waals surface area contributed by atoms with Gasteiger partial charge in [0.1, 0.15) is 0 Å². The molecule has 1 aliphatic rings. The average molecular weight is 263 g/mol. The molecule has 0 saturated carbocycles. The van der Waals surface area contributed by atoms with Gasteiger partial charge in [0, 0.05) is 26.7 Å². The minimum atomic E-state index is -4.38. The molecule has 2 rings (SSSR count). The molecular weight excluding hydrogens is 247 g/mol. The Hall–Kier alpha value is -1.08. The summed E-state index contributed by atoms with van der Waals surface area (Å²) in [5.41, 5.74) is -0.334. The fraction of sp³-hybridized carbons (Fsp3) is 0.727. The molecular formula is C11H16F3N3O. The van der Waals surface area contributed by atoms with E-state index in [1.54, 1.807) is 0 Å². The quantitative estimate of drug-likeness (QED) is 0.898. The number of halogens is 3. The predicted molar refractivity (Wildman–Crippen MR) is 58.9 cm³/mol. The molecule has 1 atom stereocenters. The smallest absolute Gasteiger partial charge is 0.377 e. The fourth-order valence-corrected chi connectivity index (χ4v) is 1.98. The lowest BCUT2D eigenvalue weighted by Crippen LogP contribution is -2.26. The van der Waals surface area contributed by atoms with E-state index in [0.29, 0.717) is 18.8 Å². The van der Waals surface area contributed by atoms with Crippen LogP contribution in [0.2, 0.25) is 0 Å². The van der Waals surface area contributed by atoms with Crippen LogP contribution >= 0.6 is 0 Å². The second kappa shape index (κ2) is 5.27. The highest BCUT2D eigenvalue weighted by Gasteiger charge is 2.34. The van der Waals surface area contributed by atoms with Gasteiger partial charge in [0.05, 0.1) is 11.8 Å². The van der Waals surface area contributed by atoms with Crippen molar-refractivity contribution in [3.05, 3.63) is 17.5 Å². The molecule has 0 bridgehead atoms. The summed E-state index contributed by atoms with van der Waals surface area (Å²) in [6.45, 7) is 1.79. The monoisotopic (exact) mass is 263 g/mol. The maximum absolute atomic E-state index is 12.4. The Morgan fingerprint density at radius 3 is 2.89 bits per heavy atom. The zero-order chi connectivity index (χ0) is 13.2. The Labute approximate surface area is 103 Å². The molecule has 0 aliphatic carbocycles. The van der Waals surface area contributed by atoms with E-state index in [9.17, 15) is 13.2 Å². The molecule has 0 spiro atoms. The highest BCUT2D eigenvalue weighted by atomic mass is 19.4. The molecule has 102 valence electrons. The summed E-state index contributed by atoms with van der Waals surface area (Å²) in [5.74, 6) is 0. The van der Waals surface area contributed by atoms with E-state index in [0.717, 1.165) is 25.5 Å². The largest absolute Gasteiger partial charge is 0.435 e. The third-order valence-electron chi connectivity index (χ3n) is 2.97. The summed E-state index contributed by atoms with van der Waals surface area (Å²) in [7, 11) is 1.51. The van der Waals surface area contributed by atoms with Gasteiger partial charge in [0.15, 0.2) is 5.69 Å². The van der Waals surface area contributed by atoms with Crippen LogP contribution in [0.1, 0.15) is 24.2 Å². The van der Waals surface area contributed by atoms with Crippen LogP contribution in [-0.4, -0.2) is 29.0 Å². The van der Waals surface area contributed by atoms with E-state index in [1.165, 1.54) is 11.7 Å². The molecule has 1 aromatic heterocycles. The highest BCUT2D eigenvalue weighted by Crippen LogP contribution is 2.28. The number of nitrogens with one attached hydrogen (secondary N) is 1. The van der Waals surface area contributed by atoms with Crippen LogP contribution in [0.15, 0.2) is 6.07 Å². The lowest BCUT2D eigenvalue weighted by atomic mass is 10.2. The van der Waals surface area contributed by atoms with Gasteiger partial charge in [-0.1, -0.05) is 0 Å². The Morgan fingerprint density at radius 2 is 2.33 bits per heavy atom. The first-order chi connectivity index (χ1) is 8.47. The second-order valence-corrected chi connectivity index (χ2v) is 4.41. The van der Waals surface area contributed by atoms with Gasteiger partial charge in [-0.25, -0.2) is 0 Å². The summed E-state index contributed by atoms with van der Waals surface area (Å²) in [6, 6.07) is 1.07. The van der Waals surface area contributed by atoms with Crippen molar-refractivity contribution in [2.45, 2.75) is 31.7 Å². The van der Waals surface area contributed by atoms with Crippen molar-refractivity contribution in [3.8, 4) is 0 Å². The lowest BCUT2D eigenvalue weighted by molar-refractivity contribution is -0.141. The van der Waals surface area contributed by atoms with Crippen molar-refractivity contribution in [2.75, 3.05) is 13.2 Å². The average Bonchev–Trinajstić information content (AvgIpc) is 2.88. The number of nitrogens with zero attached hydrogens (tertiary/aromatic N) is 2. The Kier molecular flexibility index (Phi) is 3.91. The first-order valence-corrected chi connectivity index (χ1v) is 5.89. The molecule has 18 heavy (non-hydrogen) atoms. The van der Waals surface area contributed by atoms with Gasteiger partial charge in [-0.05, 0) is 18.9 Å². The lowest BCUT2D eigenvalue weighted by Gasteiger charge is -2.10. The molecule has 1 saturated heterocycles. The van der Waals surface area contributed by atoms with E-state index < -0.39 is 11.9 Å². The van der Waals surface area contributed by atoms with Crippen LogP contribution in [0.4, 0.5) is 13.2 Å². The number of aryl methyl sites for hydroxylation is 1. The summed E-state index contributed by atoms with van der Waals surface area (Å²) in [4.78, 5) is 0. The molecule has 1 aliphatic heterocycles. The molecule has 0 radical (unpaired) electrons. The van der Waals surface area contributed by atoms with Crippen molar-refractivity contribution < 1.29 is 17.9 Å². The third kappa shape index (κ3) is 3.23. The van der Waals surface area contributed by atoms with Crippen LogP contribution in [0, 0.1) is 0 Å². The third-order valence-corrected chi connectivity index (χ3v) is 2.97. The molecule has 1 N–H and O–H groups in total. The molecule has 0 aromatic carbocycles. The zero-order valence-corrected chi connectivity index (χ0v) is 10.1. The molecule has 4 nitrogen and oxygen atoms in total. The van der Waals surface area contributed by atoms with Gasteiger partial charge >= 0.3 is 6.18 Å². The number of aromatic nitrogens is 2. The standard InChI is InChI=1S/C11H16F3N3O/c1-17-8(5-10(16-17)11(12,13)14)6-15-7-9-3-2-4-18-9/h5,9,15H,2-4,6-7H2,1H3/t9-/m1/s1. The van der Waals surface area contributed by atoms with Gasteiger partial charge in [-0.3, -0.25) is 4.68 Å². The predicted octanol–water partition coefficient (Wildman–Crippen LogP) is 1.71. The zero-order valence-electron chi connectivity index (χ0n) is 10.1. The summed E-state index contributed by atoms with van der Waals surface area (Å²) in [5, 5.41) is 6.55. The Morgan fingerprint density at radius 1 is 1.56 bits per heavy atom. The van der Waals surface area contributed by atoms with Crippen molar-refractivity contribution in [1.29, 1.82) is 0 Å². The Balaban J connectivity index is 1.87. The molecule has 0 unspecified atom stereocenters. The molecule has 1 aromatic rings. The maximum atomic E-state index is 12.4. The number of rotatable bonds is 4. The molecule has 1 fully saturated rings. The fourth-order valence-electron chi connectivity index (χ4n) is 1.98. The number of hydrogen-bond donors (Lipinski definition) is 1. The SMILES string of the molecule is Cn1nc(C(F)(F)F)cc1CNC[C@H]1CCCO1. The number of ether oxygens (including phenoxy) is 1. The van der Waals surface area contributed by atoms with Crippen molar-refractivity contribution in [3.63, 3.8) is 0 Å². The van der Waals surface area contributed by atoms with E-state index >= 15 is 0 Å². The van der Waals surface area contributed by atoms with Gasteiger partial charge in [-0.15, -0.1) is 0 Å². The molecule has 2 heterocycles. The van der Waals surface area contributed by atoms with E-state index in [2.05, 4.69) is 10.4 Å². The van der Waals surface area contributed by atoms with Crippen LogP contribution in [0.25, 0.3) is 0 Å². The second-order valence-electron chi connectivity index (χ2n) is 4.41. The topological polar surface area (TPSA) is 39.1 Å². The van der Waals surface area contributed by atoms with Gasteiger partial charge in [0.25, 0.3) is 0 Å². The van der Waals surface area contributed by atoms with Gasteiger partial charge in [0.2, 0.25) is 0 Å². The Bertz CT molecular complexity index is 397. The molecule has 0 amide bonds. The number of alkyl halides is 3. The summed E-state index contributed by atoms with van der Waals surface area (Å²) in [6.07, 6.45) is -2.15.